The summed E-state index contributed by atoms with van der Waals surface area (Å²) in [6.45, 7) is 4.60. The van der Waals surface area contributed by atoms with Gasteiger partial charge in [0, 0.05) is 0 Å². The van der Waals surface area contributed by atoms with E-state index >= 15 is 0 Å². The van der Waals surface area contributed by atoms with Gasteiger partial charge in [0.15, 0.2) is 12.4 Å². The van der Waals surface area contributed by atoms with E-state index in [1.165, 1.54) is 121 Å². The summed E-state index contributed by atoms with van der Waals surface area (Å²) >= 11 is 0. The molecule has 2 heteroatoms. The maximum Gasteiger partial charge on any atom is 0.244 e. The van der Waals surface area contributed by atoms with Crippen molar-refractivity contribution in [2.75, 3.05) is 0 Å². The van der Waals surface area contributed by atoms with E-state index in [0.717, 1.165) is 12.6 Å². The van der Waals surface area contributed by atoms with Crippen LogP contribution in [0.3, 0.4) is 0 Å². The molecule has 1 aromatic rings. The van der Waals surface area contributed by atoms with Crippen molar-refractivity contribution in [3.63, 3.8) is 0 Å². The van der Waals surface area contributed by atoms with Crippen LogP contribution in [0.5, 0.6) is 0 Å². The molecule has 190 valence electrons. The summed E-state index contributed by atoms with van der Waals surface area (Å²) in [5.74, 6) is 1.15. The zero-order valence-corrected chi connectivity index (χ0v) is 22.5. The van der Waals surface area contributed by atoms with Crippen molar-refractivity contribution in [1.29, 1.82) is 0 Å². The highest BCUT2D eigenvalue weighted by atomic mass is 15.0. The molecule has 1 aromatic carbocycles. The van der Waals surface area contributed by atoms with Gasteiger partial charge in [-0.25, -0.2) is 0 Å². The molecule has 0 aromatic heterocycles. The van der Waals surface area contributed by atoms with Crippen molar-refractivity contribution < 1.29 is 0 Å². The second kappa shape index (κ2) is 19.7. The molecule has 34 heavy (non-hydrogen) atoms. The number of unbranched alkanes of at least 4 members (excludes halogenated alkanes) is 14. The summed E-state index contributed by atoms with van der Waals surface area (Å²) < 4.78 is 0. The molecule has 1 heterocycles. The molecule has 0 saturated heterocycles. The number of hydrogen-bond donors (Lipinski definition) is 0. The van der Waals surface area contributed by atoms with Gasteiger partial charge in [-0.1, -0.05) is 157 Å². The number of hydrogen-bond acceptors (Lipinski definition) is 2. The van der Waals surface area contributed by atoms with Crippen LogP contribution in [-0.4, -0.2) is 12.4 Å². The fraction of sp³-hybridized carbons (Fsp3) is 0.719. The van der Waals surface area contributed by atoms with E-state index in [1.807, 2.05) is 12.4 Å². The van der Waals surface area contributed by atoms with Gasteiger partial charge in [-0.15, -0.1) is 0 Å². The normalized spacial score (nSPS) is 14.7. The lowest BCUT2D eigenvalue weighted by atomic mass is 9.78. The van der Waals surface area contributed by atoms with Crippen molar-refractivity contribution >= 4 is 12.4 Å². The van der Waals surface area contributed by atoms with E-state index in [9.17, 15) is 0 Å². The van der Waals surface area contributed by atoms with E-state index in [4.69, 9.17) is 0 Å². The fourth-order valence-corrected chi connectivity index (χ4v) is 5.42. The van der Waals surface area contributed by atoms with Gasteiger partial charge in [-0.3, -0.25) is 0 Å². The van der Waals surface area contributed by atoms with Gasteiger partial charge in [-0.05, 0) is 30.7 Å². The average Bonchev–Trinajstić information content (AvgIpc) is 3.39. The molecule has 0 amide bonds. The number of benzene rings is 1. The van der Waals surface area contributed by atoms with Crippen molar-refractivity contribution in [1.82, 2.24) is 0 Å². The molecule has 1 aliphatic heterocycles. The first-order valence-corrected chi connectivity index (χ1v) is 14.8. The van der Waals surface area contributed by atoms with Crippen molar-refractivity contribution in [3.05, 3.63) is 42.1 Å². The molecule has 0 bridgehead atoms. The highest BCUT2D eigenvalue weighted by Gasteiger charge is 2.35. The maximum atomic E-state index is 4.68. The minimum atomic E-state index is 0.500. The predicted octanol–water partition coefficient (Wildman–Crippen LogP) is 10.2. The molecule has 0 radical (unpaired) electrons. The number of rotatable bonds is 22. The largest absolute Gasteiger partial charge is 0.244 e. The minimum Gasteiger partial charge on any atom is -0.0965 e. The van der Waals surface area contributed by atoms with E-state index in [-0.39, 0.29) is 0 Å². The van der Waals surface area contributed by atoms with Crippen LogP contribution in [0.15, 0.2) is 40.3 Å². The van der Waals surface area contributed by atoms with Crippen LogP contribution in [0.4, 0.5) is 0 Å². The quantitative estimate of drug-likeness (QED) is 0.120. The summed E-state index contributed by atoms with van der Waals surface area (Å²) in [5.41, 5.74) is 1.46. The highest BCUT2D eigenvalue weighted by Crippen LogP contribution is 2.36. The first-order chi connectivity index (χ1) is 16.8. The Morgan fingerprint density at radius 3 is 1.62 bits per heavy atom. The van der Waals surface area contributed by atoms with E-state index < -0.39 is 0 Å². The van der Waals surface area contributed by atoms with Crippen LogP contribution >= 0.6 is 0 Å². The Kier molecular flexibility index (Phi) is 16.6. The number of aliphatic imine (C=N–C) groups is 2. The third-order valence-electron chi connectivity index (χ3n) is 7.52. The van der Waals surface area contributed by atoms with Gasteiger partial charge in [-0.2, -0.15) is 0 Å². The van der Waals surface area contributed by atoms with Gasteiger partial charge < -0.3 is 0 Å². The Morgan fingerprint density at radius 2 is 1.06 bits per heavy atom. The second-order valence-electron chi connectivity index (χ2n) is 10.5. The van der Waals surface area contributed by atoms with Crippen LogP contribution in [-0.2, 0) is 6.42 Å². The highest BCUT2D eigenvalue weighted by molar-refractivity contribution is 6.18. The average molecular weight is 466 g/mol. The maximum absolute atomic E-state index is 4.68. The summed E-state index contributed by atoms with van der Waals surface area (Å²) in [7, 11) is 0. The van der Waals surface area contributed by atoms with Gasteiger partial charge in [0.2, 0.25) is 6.17 Å². The van der Waals surface area contributed by atoms with Crippen molar-refractivity contribution in [2.24, 2.45) is 21.8 Å². The molecule has 1 aliphatic rings. The van der Waals surface area contributed by atoms with Gasteiger partial charge >= 0.3 is 0 Å². The first kappa shape index (κ1) is 28.7. The Bertz CT molecular complexity index is 624. The summed E-state index contributed by atoms with van der Waals surface area (Å²) in [6, 6.07) is 11.1. The fourth-order valence-electron chi connectivity index (χ4n) is 5.42. The second-order valence-corrected chi connectivity index (χ2v) is 10.5. The molecule has 0 saturated carbocycles. The molecule has 0 N–H and O–H groups in total. The van der Waals surface area contributed by atoms with Gasteiger partial charge in [0.05, 0.1) is 5.92 Å². The molecule has 2 rings (SSSR count). The minimum absolute atomic E-state index is 0.500. The topological polar surface area (TPSA) is 24.7 Å². The summed E-state index contributed by atoms with van der Waals surface area (Å²) in [4.78, 5) is 9.35. The van der Waals surface area contributed by atoms with E-state index in [1.54, 1.807) is 0 Å². The third kappa shape index (κ3) is 12.8. The van der Waals surface area contributed by atoms with E-state index in [0.29, 0.717) is 11.8 Å². The molecular formula is C32H53N2+. The summed E-state index contributed by atoms with van der Waals surface area (Å²) in [6.07, 6.45) is 30.9. The third-order valence-corrected chi connectivity index (χ3v) is 7.52. The predicted molar refractivity (Wildman–Crippen MR) is 152 cm³/mol. The Hall–Kier alpha value is -1.57. The molecule has 2 nitrogen and oxygen atoms in total. The molecule has 2 unspecified atom stereocenters. The smallest absolute Gasteiger partial charge is 0.0965 e. The lowest BCUT2D eigenvalue weighted by molar-refractivity contribution is 0.284. The molecule has 0 fully saturated rings. The standard InChI is InChI=1S/C32H53N2/c1-3-5-7-8-9-10-11-12-13-14-15-16-21-25-31(32-33-26-27-34-32)30(24-18-6-4-2)28-29-22-19-17-20-23-29/h17,19-20,22-23,26-27,30-31H,3-16,18,21,24-25,28H2,1-2H3/q+1. The van der Waals surface area contributed by atoms with Crippen LogP contribution in [0.1, 0.15) is 135 Å². The lowest BCUT2D eigenvalue weighted by Crippen LogP contribution is -2.22. The lowest BCUT2D eigenvalue weighted by Gasteiger charge is -2.26. The Labute approximate surface area is 212 Å². The Morgan fingerprint density at radius 1 is 0.588 bits per heavy atom. The van der Waals surface area contributed by atoms with Crippen molar-refractivity contribution in [3.8, 4) is 0 Å². The van der Waals surface area contributed by atoms with Crippen LogP contribution in [0.2, 0.25) is 0 Å². The van der Waals surface area contributed by atoms with Crippen LogP contribution in [0.25, 0.3) is 0 Å². The van der Waals surface area contributed by atoms with Gasteiger partial charge in [0.1, 0.15) is 0 Å². The first-order valence-electron chi connectivity index (χ1n) is 14.8. The van der Waals surface area contributed by atoms with Crippen LogP contribution in [0, 0.1) is 18.0 Å². The Balaban J connectivity index is 1.70. The zero-order valence-electron chi connectivity index (χ0n) is 22.5. The zero-order chi connectivity index (χ0) is 24.1. The SMILES string of the molecule is CCCCCCCCCCCCCCCC([C+]1N=CC=N1)C(CCCCC)Cc1ccccc1. The molecular weight excluding hydrogens is 412 g/mol. The summed E-state index contributed by atoms with van der Waals surface area (Å²) in [5, 5.41) is 0. The number of nitrogens with zero attached hydrogens (tertiary/aromatic N) is 2. The molecule has 0 aliphatic carbocycles. The van der Waals surface area contributed by atoms with Crippen LogP contribution < -0.4 is 0 Å². The monoisotopic (exact) mass is 465 g/mol. The molecule has 0 spiro atoms. The van der Waals surface area contributed by atoms with Crippen molar-refractivity contribution in [2.45, 2.75) is 136 Å². The molecule has 2 atom stereocenters. The van der Waals surface area contributed by atoms with Gasteiger partial charge in [0.25, 0.3) is 0 Å². The van der Waals surface area contributed by atoms with E-state index in [2.05, 4.69) is 54.2 Å².